The Morgan fingerprint density at radius 2 is 1.00 bits per heavy atom. The molecule has 0 spiro atoms. The molecule has 0 aromatic carbocycles. The van der Waals surface area contributed by atoms with Gasteiger partial charge >= 0.3 is 0 Å². The van der Waals surface area contributed by atoms with E-state index >= 15 is 0 Å². The third kappa shape index (κ3) is 13.7. The van der Waals surface area contributed by atoms with E-state index in [4.69, 9.17) is 24.7 Å². The second-order valence-corrected chi connectivity index (χ2v) is 31.5. The Balaban J connectivity index is 0.000000882. The Morgan fingerprint density at radius 3 is 1.26 bits per heavy atom. The van der Waals surface area contributed by atoms with Gasteiger partial charge in [0.1, 0.15) is 21.2 Å². The van der Waals surface area contributed by atoms with Crippen LogP contribution in [0.15, 0.2) is 8.42 Å². The fourth-order valence-corrected chi connectivity index (χ4v) is 9.74. The minimum Gasteiger partial charge on any atom is -0.416 e. The molecule has 0 unspecified atom stereocenters. The summed E-state index contributed by atoms with van der Waals surface area (Å²) in [5, 5.41) is 26.2. The molecule has 0 saturated heterocycles. The monoisotopic (exact) mass is 796 g/mol. The van der Waals surface area contributed by atoms with Crippen molar-refractivity contribution in [3.8, 4) is 0 Å². The van der Waals surface area contributed by atoms with Crippen LogP contribution >= 0.6 is 33.4 Å². The van der Waals surface area contributed by atoms with Gasteiger partial charge in [0, 0.05) is 36.7 Å². The summed E-state index contributed by atoms with van der Waals surface area (Å²) in [4.78, 5) is 8.54. The zero-order valence-corrected chi connectivity index (χ0v) is 36.4. The Kier molecular flexibility index (Phi) is 15.8. The summed E-state index contributed by atoms with van der Waals surface area (Å²) in [6.07, 6.45) is 0.700. The highest BCUT2D eigenvalue weighted by Gasteiger charge is 2.38. The Labute approximate surface area is 297 Å². The van der Waals surface area contributed by atoms with E-state index in [0.717, 1.165) is 22.7 Å². The maximum absolute atomic E-state index is 11.7. The topological polar surface area (TPSA) is 214 Å². The molecule has 0 aliphatic heterocycles. The molecule has 19 heteroatoms. The standard InChI is InChI=1S/C14H26ClNO4S2Si.C14H28N2O4S2Si.H3N/c2*1-13(2,3)23(6,7)20-9-8-10-11(22(15,18)19)21-12(16-10)14(4,5)17;/h17H,8-9H2,1-7H3;17H,8-9H2,1-7H3,(H2,15,18,19);1H3. The zero-order chi connectivity index (χ0) is 36.5. The van der Waals surface area contributed by atoms with Crippen LogP contribution in [0.1, 0.15) is 90.6 Å². The van der Waals surface area contributed by atoms with Crippen LogP contribution in [-0.4, -0.2) is 66.9 Å². The van der Waals surface area contributed by atoms with Crippen LogP contribution in [0.2, 0.25) is 36.3 Å². The highest BCUT2D eigenvalue weighted by atomic mass is 35.7. The van der Waals surface area contributed by atoms with Crippen molar-refractivity contribution in [1.82, 2.24) is 16.1 Å². The maximum atomic E-state index is 11.7. The molecule has 0 radical (unpaired) electrons. The second kappa shape index (κ2) is 15.9. The molecule has 2 aromatic rings. The molecular weight excluding hydrogens is 740 g/mol. The Hall–Kier alpha value is -0.356. The van der Waals surface area contributed by atoms with Gasteiger partial charge in [-0.3, -0.25) is 0 Å². The summed E-state index contributed by atoms with van der Waals surface area (Å²) in [6.45, 7) is 28.4. The highest BCUT2D eigenvalue weighted by molar-refractivity contribution is 8.15. The number of nitrogens with two attached hydrogens (primary N) is 1. The lowest BCUT2D eigenvalue weighted by atomic mass is 10.1. The van der Waals surface area contributed by atoms with Gasteiger partial charge in [-0.2, -0.15) is 0 Å². The molecule has 0 aliphatic rings. The lowest BCUT2D eigenvalue weighted by Crippen LogP contribution is -2.41. The molecule has 0 saturated carbocycles. The third-order valence-electron chi connectivity index (χ3n) is 8.07. The molecule has 0 atom stereocenters. The number of aliphatic hydroxyl groups is 2. The lowest BCUT2D eigenvalue weighted by Gasteiger charge is -2.36. The van der Waals surface area contributed by atoms with Crippen molar-refractivity contribution >= 4 is 69.1 Å². The average Bonchev–Trinajstić information content (AvgIpc) is 3.42. The minimum absolute atomic E-state index is 0. The Morgan fingerprint density at radius 1 is 0.702 bits per heavy atom. The van der Waals surface area contributed by atoms with Gasteiger partial charge < -0.3 is 25.2 Å². The van der Waals surface area contributed by atoms with Gasteiger partial charge in [0.15, 0.2) is 25.1 Å². The lowest BCUT2D eigenvalue weighted by molar-refractivity contribution is 0.0775. The molecule has 2 rings (SSSR count). The van der Waals surface area contributed by atoms with E-state index in [1.807, 2.05) is 0 Å². The van der Waals surface area contributed by atoms with Crippen molar-refractivity contribution in [1.29, 1.82) is 0 Å². The number of primary sulfonamides is 1. The van der Waals surface area contributed by atoms with Gasteiger partial charge in [0.25, 0.3) is 9.05 Å². The quantitative estimate of drug-likeness (QED) is 0.133. The molecule has 0 amide bonds. The number of thiazole rings is 2. The van der Waals surface area contributed by atoms with Crippen LogP contribution in [0.3, 0.4) is 0 Å². The van der Waals surface area contributed by atoms with Crippen molar-refractivity contribution in [3.05, 3.63) is 21.4 Å². The molecule has 47 heavy (non-hydrogen) atoms. The van der Waals surface area contributed by atoms with E-state index in [9.17, 15) is 27.0 Å². The molecule has 2 heterocycles. The van der Waals surface area contributed by atoms with Crippen LogP contribution < -0.4 is 11.3 Å². The number of hydrogen-bond acceptors (Lipinski definition) is 13. The molecule has 0 fully saturated rings. The molecule has 276 valence electrons. The molecule has 12 nitrogen and oxygen atoms in total. The highest BCUT2D eigenvalue weighted by Crippen LogP contribution is 2.38. The SMILES string of the molecule is CC(C)(O)c1nc(CCO[Si](C)(C)C(C)(C)C)c(S(=O)(=O)Cl)s1.CC(C)(O)c1nc(CCO[Si](C)(C)C(C)(C)C)c(S(N)(=O)=O)s1.N. The van der Waals surface area contributed by atoms with E-state index in [0.29, 0.717) is 47.5 Å². The molecule has 0 bridgehead atoms. The number of aromatic nitrogens is 2. The van der Waals surface area contributed by atoms with Crippen molar-refractivity contribution < 1.29 is 35.9 Å². The van der Waals surface area contributed by atoms with Gasteiger partial charge in [0.2, 0.25) is 10.0 Å². The first kappa shape index (κ1) is 46.6. The van der Waals surface area contributed by atoms with Crippen molar-refractivity contribution in [2.24, 2.45) is 5.14 Å². The second-order valence-electron chi connectivity index (χ2n) is 15.3. The average molecular weight is 798 g/mol. The molecule has 7 N–H and O–H groups in total. The van der Waals surface area contributed by atoms with Crippen LogP contribution in [0, 0.1) is 0 Å². The van der Waals surface area contributed by atoms with E-state index in [1.165, 1.54) is 0 Å². The number of rotatable bonds is 12. The number of nitrogens with zero attached hydrogens (tertiary/aromatic N) is 2. The summed E-state index contributed by atoms with van der Waals surface area (Å²) >= 11 is 1.83. The number of sulfonamides is 1. The third-order valence-corrected chi connectivity index (χ3v) is 23.6. The Bertz CT molecular complexity index is 1430. The fraction of sp³-hybridized carbons (Fsp3) is 0.786. The first-order valence-electron chi connectivity index (χ1n) is 14.8. The summed E-state index contributed by atoms with van der Waals surface area (Å²) < 4.78 is 59.1. The summed E-state index contributed by atoms with van der Waals surface area (Å²) in [5.74, 6) is 0. The summed E-state index contributed by atoms with van der Waals surface area (Å²) in [6, 6.07) is 0. The van der Waals surface area contributed by atoms with Gasteiger partial charge in [-0.05, 0) is 64.0 Å². The normalized spacial score (nSPS) is 14.0. The van der Waals surface area contributed by atoms with Gasteiger partial charge in [-0.25, -0.2) is 31.9 Å². The number of hydrogen-bond donors (Lipinski definition) is 4. The predicted octanol–water partition coefficient (Wildman–Crippen LogP) is 6.61. The summed E-state index contributed by atoms with van der Waals surface area (Å²) in [5.41, 5.74) is -1.68. The first-order valence-corrected chi connectivity index (χ1v) is 26.1. The van der Waals surface area contributed by atoms with E-state index in [2.05, 4.69) is 77.7 Å². The summed E-state index contributed by atoms with van der Waals surface area (Å²) in [7, 11) is -6.08. The van der Waals surface area contributed by atoms with E-state index in [-0.39, 0.29) is 24.6 Å². The smallest absolute Gasteiger partial charge is 0.272 e. The molecule has 2 aromatic heterocycles. The molecular formula is C28H57ClN4O8S4Si2. The van der Waals surface area contributed by atoms with E-state index in [1.54, 1.807) is 27.7 Å². The largest absolute Gasteiger partial charge is 0.416 e. The first-order chi connectivity index (χ1) is 20.1. The fourth-order valence-electron chi connectivity index (χ4n) is 3.17. The minimum atomic E-state index is -3.89. The zero-order valence-electron chi connectivity index (χ0n) is 30.4. The van der Waals surface area contributed by atoms with E-state index < -0.39 is 46.9 Å². The van der Waals surface area contributed by atoms with Crippen LogP contribution in [0.25, 0.3) is 0 Å². The molecule has 0 aliphatic carbocycles. The van der Waals surface area contributed by atoms with Crippen molar-refractivity contribution in [3.63, 3.8) is 0 Å². The van der Waals surface area contributed by atoms with Gasteiger partial charge in [-0.15, -0.1) is 22.7 Å². The van der Waals surface area contributed by atoms with Gasteiger partial charge in [0.05, 0.1) is 11.4 Å². The van der Waals surface area contributed by atoms with Gasteiger partial charge in [-0.1, -0.05) is 41.5 Å². The van der Waals surface area contributed by atoms with Crippen LogP contribution in [0.5, 0.6) is 0 Å². The van der Waals surface area contributed by atoms with Crippen molar-refractivity contribution in [2.75, 3.05) is 13.2 Å². The van der Waals surface area contributed by atoms with Crippen LogP contribution in [0.4, 0.5) is 0 Å². The van der Waals surface area contributed by atoms with Crippen molar-refractivity contribution in [2.45, 2.75) is 138 Å². The number of halogens is 1. The van der Waals surface area contributed by atoms with Crippen LogP contribution in [-0.2, 0) is 52.0 Å². The predicted molar refractivity (Wildman–Crippen MR) is 198 cm³/mol. The maximum Gasteiger partial charge on any atom is 0.272 e.